The van der Waals surface area contributed by atoms with Crippen molar-refractivity contribution in [3.05, 3.63) is 288 Å². The molecule has 0 spiro atoms. The molecule has 0 fully saturated rings. The molecule has 9 aromatic carbocycles. The standard InChI is InChI=1S/C60H56N2P2/c1-7-19-55(20-8-1)63(56-21-9-2-10-22-56,57-23-11-3-12-24-57)47-53-39-35-51(36-40-53)45-61-43-49-31-33-50(34-32-49)44-62-46-52-37-41-54(42-38-52)48-64(58-25-13-4-14-26-58,59-27-15-5-16-28-59)60-29-17-6-18-30-60/h1-42,61-62H,43-48H2/q+2. The second-order valence-electron chi connectivity index (χ2n) is 16.6. The van der Waals surface area contributed by atoms with E-state index >= 15 is 0 Å². The third-order valence-corrected chi connectivity index (χ3v) is 21.2. The molecule has 2 N–H and O–H groups in total. The molecule has 0 bridgehead atoms. The van der Waals surface area contributed by atoms with Crippen LogP contribution in [0.25, 0.3) is 0 Å². The number of nitrogens with one attached hydrogen (secondary N) is 2. The molecule has 0 saturated heterocycles. The van der Waals surface area contributed by atoms with Crippen molar-refractivity contribution in [2.75, 3.05) is 0 Å². The monoisotopic (exact) mass is 866 g/mol. The van der Waals surface area contributed by atoms with Crippen LogP contribution in [0.1, 0.15) is 33.4 Å². The molecule has 0 atom stereocenters. The van der Waals surface area contributed by atoms with Crippen molar-refractivity contribution in [1.82, 2.24) is 10.6 Å². The number of benzene rings is 9. The van der Waals surface area contributed by atoms with E-state index in [1.54, 1.807) is 0 Å². The van der Waals surface area contributed by atoms with E-state index in [1.165, 1.54) is 65.2 Å². The summed E-state index contributed by atoms with van der Waals surface area (Å²) in [4.78, 5) is 0. The van der Waals surface area contributed by atoms with Crippen LogP contribution in [0.4, 0.5) is 0 Å². The third-order valence-electron chi connectivity index (χ3n) is 12.4. The molecule has 314 valence electrons. The summed E-state index contributed by atoms with van der Waals surface area (Å²) in [5.41, 5.74) is 7.90. The van der Waals surface area contributed by atoms with Crippen LogP contribution in [0.2, 0.25) is 0 Å². The second-order valence-corrected chi connectivity index (χ2v) is 23.6. The molecule has 0 radical (unpaired) electrons. The average Bonchev–Trinajstić information content (AvgIpc) is 3.38. The number of hydrogen-bond donors (Lipinski definition) is 2. The van der Waals surface area contributed by atoms with Gasteiger partial charge in [-0.15, -0.1) is 0 Å². The highest BCUT2D eigenvalue weighted by atomic mass is 31.2. The van der Waals surface area contributed by atoms with Crippen molar-refractivity contribution in [2.24, 2.45) is 0 Å². The van der Waals surface area contributed by atoms with Crippen molar-refractivity contribution < 1.29 is 0 Å². The van der Waals surface area contributed by atoms with Gasteiger partial charge in [0.15, 0.2) is 0 Å². The van der Waals surface area contributed by atoms with Gasteiger partial charge in [-0.1, -0.05) is 182 Å². The first-order valence-electron chi connectivity index (χ1n) is 22.4. The quantitative estimate of drug-likeness (QED) is 0.0840. The smallest absolute Gasteiger partial charge is 0.116 e. The summed E-state index contributed by atoms with van der Waals surface area (Å²) < 4.78 is 0. The highest BCUT2D eigenvalue weighted by molar-refractivity contribution is 7.95. The summed E-state index contributed by atoms with van der Waals surface area (Å²) >= 11 is 0. The lowest BCUT2D eigenvalue weighted by Gasteiger charge is -2.28. The van der Waals surface area contributed by atoms with Crippen LogP contribution >= 0.6 is 14.5 Å². The maximum Gasteiger partial charge on any atom is 0.116 e. The van der Waals surface area contributed by atoms with E-state index in [-0.39, 0.29) is 0 Å². The normalized spacial score (nSPS) is 11.6. The molecule has 4 heteroatoms. The van der Waals surface area contributed by atoms with Gasteiger partial charge in [-0.3, -0.25) is 0 Å². The molecule has 0 unspecified atom stereocenters. The van der Waals surface area contributed by atoms with Gasteiger partial charge in [0.2, 0.25) is 0 Å². The highest BCUT2D eigenvalue weighted by Gasteiger charge is 2.46. The SMILES string of the molecule is c1ccc([P+](Cc2ccc(CNCc3ccc(CNCc4ccc(C[P+](c5ccccc5)(c5ccccc5)c5ccccc5)cc4)cc3)cc2)(c2ccccc2)c2ccccc2)cc1. The van der Waals surface area contributed by atoms with E-state index in [9.17, 15) is 0 Å². The van der Waals surface area contributed by atoms with Gasteiger partial charge in [0.25, 0.3) is 0 Å². The molecular formula is C60H56N2P2+2. The van der Waals surface area contributed by atoms with Gasteiger partial charge < -0.3 is 10.6 Å². The van der Waals surface area contributed by atoms with Crippen LogP contribution in [0.5, 0.6) is 0 Å². The summed E-state index contributed by atoms with van der Waals surface area (Å²) in [6, 6.07) is 94.5. The zero-order chi connectivity index (χ0) is 43.3. The zero-order valence-electron chi connectivity index (χ0n) is 36.4. The Hall–Kier alpha value is -6.24. The maximum atomic E-state index is 3.69. The van der Waals surface area contributed by atoms with Crippen molar-refractivity contribution in [3.63, 3.8) is 0 Å². The van der Waals surface area contributed by atoms with Crippen LogP contribution in [-0.4, -0.2) is 0 Å². The molecule has 9 rings (SSSR count). The first kappa shape index (κ1) is 43.0. The fourth-order valence-corrected chi connectivity index (χ4v) is 17.6. The van der Waals surface area contributed by atoms with Gasteiger partial charge in [0.1, 0.15) is 46.4 Å². The lowest BCUT2D eigenvalue weighted by atomic mass is 10.1. The molecule has 0 aliphatic rings. The topological polar surface area (TPSA) is 24.1 Å². The van der Waals surface area contributed by atoms with Crippen molar-refractivity contribution >= 4 is 46.4 Å². The fraction of sp³-hybridized carbons (Fsp3) is 0.100. The molecule has 0 aromatic heterocycles. The van der Waals surface area contributed by atoms with E-state index < -0.39 is 14.5 Å². The van der Waals surface area contributed by atoms with Gasteiger partial charge in [-0.05, 0) is 106 Å². The molecule has 0 heterocycles. The third kappa shape index (κ3) is 9.93. The van der Waals surface area contributed by atoms with E-state index in [0.717, 1.165) is 38.5 Å². The van der Waals surface area contributed by atoms with Gasteiger partial charge >= 0.3 is 0 Å². The molecule has 0 amide bonds. The minimum atomic E-state index is -1.93. The Morgan fingerprint density at radius 1 is 0.203 bits per heavy atom. The molecule has 64 heavy (non-hydrogen) atoms. The van der Waals surface area contributed by atoms with Crippen molar-refractivity contribution in [3.8, 4) is 0 Å². The van der Waals surface area contributed by atoms with Crippen molar-refractivity contribution in [2.45, 2.75) is 38.5 Å². The lowest BCUT2D eigenvalue weighted by molar-refractivity contribution is 0.685. The molecule has 2 nitrogen and oxygen atoms in total. The lowest BCUT2D eigenvalue weighted by Crippen LogP contribution is -2.32. The Morgan fingerprint density at radius 3 is 0.562 bits per heavy atom. The second kappa shape index (κ2) is 21.0. The molecule has 0 saturated carbocycles. The summed E-state index contributed by atoms with van der Waals surface area (Å²) in [6.45, 7) is 3.31. The Bertz CT molecular complexity index is 2380. The van der Waals surface area contributed by atoms with Crippen molar-refractivity contribution in [1.29, 1.82) is 0 Å². The Labute approximate surface area is 381 Å². The molecule has 9 aromatic rings. The van der Waals surface area contributed by atoms with Gasteiger partial charge in [0.05, 0.1) is 12.3 Å². The van der Waals surface area contributed by atoms with Gasteiger partial charge in [0, 0.05) is 26.2 Å². The van der Waals surface area contributed by atoms with Crippen LogP contribution in [-0.2, 0) is 38.5 Å². The van der Waals surface area contributed by atoms with E-state index in [2.05, 4.69) is 265 Å². The fourth-order valence-electron chi connectivity index (χ4n) is 9.09. The summed E-state index contributed by atoms with van der Waals surface area (Å²) in [5.74, 6) is 0. The van der Waals surface area contributed by atoms with Gasteiger partial charge in [-0.25, -0.2) is 0 Å². The molecular weight excluding hydrogens is 811 g/mol. The number of rotatable bonds is 18. The highest BCUT2D eigenvalue weighted by Crippen LogP contribution is 2.59. The minimum absolute atomic E-state index is 0.826. The molecule has 0 aliphatic heterocycles. The predicted octanol–water partition coefficient (Wildman–Crippen LogP) is 11.3. The predicted molar refractivity (Wildman–Crippen MR) is 278 cm³/mol. The van der Waals surface area contributed by atoms with E-state index in [1.807, 2.05) is 0 Å². The average molecular weight is 867 g/mol. The summed E-state index contributed by atoms with van der Waals surface area (Å²) in [6.07, 6.45) is 1.96. The first-order valence-corrected chi connectivity index (χ1v) is 26.4. The zero-order valence-corrected chi connectivity index (χ0v) is 38.2. The van der Waals surface area contributed by atoms with Gasteiger partial charge in [-0.2, -0.15) is 0 Å². The van der Waals surface area contributed by atoms with E-state index in [0.29, 0.717) is 0 Å². The minimum Gasteiger partial charge on any atom is -0.309 e. The van der Waals surface area contributed by atoms with E-state index in [4.69, 9.17) is 0 Å². The molecule has 0 aliphatic carbocycles. The Morgan fingerprint density at radius 2 is 0.375 bits per heavy atom. The van der Waals surface area contributed by atoms with Crippen LogP contribution in [0.15, 0.2) is 255 Å². The van der Waals surface area contributed by atoms with Crippen LogP contribution < -0.4 is 42.5 Å². The van der Waals surface area contributed by atoms with Crippen LogP contribution in [0, 0.1) is 0 Å². The maximum absolute atomic E-state index is 3.69. The van der Waals surface area contributed by atoms with Crippen LogP contribution in [0.3, 0.4) is 0 Å². The summed E-state index contributed by atoms with van der Waals surface area (Å²) in [7, 11) is -3.87. The Balaban J connectivity index is 0.791. The Kier molecular flexibility index (Phi) is 14.1. The number of hydrogen-bond acceptors (Lipinski definition) is 2. The summed E-state index contributed by atoms with van der Waals surface area (Å²) in [5, 5.41) is 15.9. The largest absolute Gasteiger partial charge is 0.309 e. The first-order chi connectivity index (χ1) is 31.7.